The van der Waals surface area contributed by atoms with E-state index < -0.39 is 0 Å². The van der Waals surface area contributed by atoms with Crippen molar-refractivity contribution in [3.8, 4) is 16.8 Å². The topological polar surface area (TPSA) is 23.0 Å². The van der Waals surface area contributed by atoms with Crippen molar-refractivity contribution >= 4 is 88.5 Å². The van der Waals surface area contributed by atoms with Gasteiger partial charge in [0.1, 0.15) is 11.3 Å². The normalized spacial score (nSPS) is 13.5. The van der Waals surface area contributed by atoms with Crippen molar-refractivity contribution in [2.45, 2.75) is 40.0 Å². The smallest absolute Gasteiger partial charge is 0.135 e. The monoisotopic (exact) mass is 766 g/mol. The first-order chi connectivity index (χ1) is 28.6. The molecule has 10 aromatic rings. The molecule has 0 saturated heterocycles. The zero-order valence-corrected chi connectivity index (χ0v) is 33.7. The maximum absolute atomic E-state index is 6.52. The van der Waals surface area contributed by atoms with Crippen LogP contribution in [0.1, 0.15) is 53.3 Å². The molecule has 0 fully saturated rings. The summed E-state index contributed by atoms with van der Waals surface area (Å²) in [6, 6.07) is 50.6. The highest BCUT2D eigenvalue weighted by atomic mass is 32.1. The van der Waals surface area contributed by atoms with Gasteiger partial charge in [0.05, 0.1) is 16.6 Å². The summed E-state index contributed by atoms with van der Waals surface area (Å²) in [7, 11) is 0. The summed E-state index contributed by atoms with van der Waals surface area (Å²) in [6.07, 6.45) is 12.2. The summed E-state index contributed by atoms with van der Waals surface area (Å²) >= 11 is 1.90. The lowest BCUT2D eigenvalue weighted by molar-refractivity contribution is 0.594. The summed E-state index contributed by atoms with van der Waals surface area (Å²) in [6.45, 7) is 6.62. The molecule has 0 bridgehead atoms. The van der Waals surface area contributed by atoms with Crippen LogP contribution in [0.5, 0.6) is 0 Å². The first-order valence-electron chi connectivity index (χ1n) is 20.3. The van der Waals surface area contributed by atoms with E-state index >= 15 is 0 Å². The number of benzene rings is 6. The number of hydrogen-bond acceptors (Lipinski definition) is 2. The molecule has 0 saturated carbocycles. The van der Waals surface area contributed by atoms with E-state index in [2.05, 4.69) is 194 Å². The summed E-state index contributed by atoms with van der Waals surface area (Å²) in [4.78, 5) is 1.35. The number of allylic oxidation sites excluding steroid dienone is 4. The highest BCUT2D eigenvalue weighted by Crippen LogP contribution is 2.45. The van der Waals surface area contributed by atoms with E-state index in [0.29, 0.717) is 0 Å². The van der Waals surface area contributed by atoms with Gasteiger partial charge >= 0.3 is 0 Å². The lowest BCUT2D eigenvalue weighted by atomic mass is 9.94. The minimum absolute atomic E-state index is 0.798. The molecule has 4 heterocycles. The molecular weight excluding hydrogens is 725 g/mol. The van der Waals surface area contributed by atoms with Crippen molar-refractivity contribution in [2.24, 2.45) is 0 Å². The Morgan fingerprint density at radius 2 is 1.43 bits per heavy atom. The van der Waals surface area contributed by atoms with E-state index in [-0.39, 0.29) is 0 Å². The molecule has 4 heteroatoms. The molecule has 0 spiro atoms. The fourth-order valence-electron chi connectivity index (χ4n) is 9.62. The summed E-state index contributed by atoms with van der Waals surface area (Å²) < 4.78 is 12.8. The van der Waals surface area contributed by atoms with Crippen LogP contribution >= 0.6 is 11.3 Å². The van der Waals surface area contributed by atoms with Gasteiger partial charge in [-0.05, 0) is 92.8 Å². The SMILES string of the molecule is C/C=C(/Cc1sc2ccccc2c1/C=C(\C)n1c2c(c3c(-c4cccc5c6ccccc6n(-c6ccccc6)c45)cccc31)C=CCC2)c1oc2ccccc2c1C. The predicted molar refractivity (Wildman–Crippen MR) is 249 cm³/mol. The second kappa shape index (κ2) is 13.8. The Balaban J connectivity index is 1.11. The van der Waals surface area contributed by atoms with Crippen LogP contribution < -0.4 is 0 Å². The molecule has 4 aromatic heterocycles. The van der Waals surface area contributed by atoms with Gasteiger partial charge in [0.25, 0.3) is 0 Å². The Bertz CT molecular complexity index is 3340. The molecule has 0 amide bonds. The average Bonchev–Trinajstić information content (AvgIpc) is 4.01. The molecule has 3 nitrogen and oxygen atoms in total. The summed E-state index contributed by atoms with van der Waals surface area (Å²) in [5.74, 6) is 0.985. The molecule has 0 aliphatic heterocycles. The van der Waals surface area contributed by atoms with Gasteiger partial charge in [0.2, 0.25) is 0 Å². The van der Waals surface area contributed by atoms with Crippen molar-refractivity contribution in [1.29, 1.82) is 0 Å². The zero-order valence-electron chi connectivity index (χ0n) is 32.9. The molecule has 1 aliphatic rings. The van der Waals surface area contributed by atoms with Crippen LogP contribution in [-0.4, -0.2) is 9.13 Å². The third kappa shape index (κ3) is 5.32. The van der Waals surface area contributed by atoms with E-state index in [9.17, 15) is 0 Å². The number of fused-ring (bicyclic) bond motifs is 8. The number of thiophene rings is 1. The number of hydrogen-bond donors (Lipinski definition) is 0. The molecule has 0 N–H and O–H groups in total. The van der Waals surface area contributed by atoms with Crippen molar-refractivity contribution in [1.82, 2.24) is 9.13 Å². The zero-order chi connectivity index (χ0) is 38.9. The second-order valence-electron chi connectivity index (χ2n) is 15.5. The molecule has 0 atom stereocenters. The van der Waals surface area contributed by atoms with Crippen LogP contribution in [-0.2, 0) is 12.8 Å². The molecule has 0 radical (unpaired) electrons. The Kier molecular flexibility index (Phi) is 8.23. The Morgan fingerprint density at radius 3 is 2.28 bits per heavy atom. The largest absolute Gasteiger partial charge is 0.456 e. The van der Waals surface area contributed by atoms with Gasteiger partial charge in [0.15, 0.2) is 0 Å². The number of furan rings is 1. The fourth-order valence-corrected chi connectivity index (χ4v) is 10.8. The van der Waals surface area contributed by atoms with Crippen molar-refractivity contribution in [3.05, 3.63) is 185 Å². The maximum Gasteiger partial charge on any atom is 0.135 e. The number of rotatable bonds is 7. The van der Waals surface area contributed by atoms with Gasteiger partial charge in [-0.3, -0.25) is 0 Å². The van der Waals surface area contributed by atoms with Crippen LogP contribution in [0.25, 0.3) is 94.0 Å². The highest BCUT2D eigenvalue weighted by Gasteiger charge is 2.25. The summed E-state index contributed by atoms with van der Waals surface area (Å²) in [5.41, 5.74) is 16.0. The van der Waals surface area contributed by atoms with E-state index in [0.717, 1.165) is 30.6 Å². The van der Waals surface area contributed by atoms with Gasteiger partial charge in [-0.15, -0.1) is 11.3 Å². The van der Waals surface area contributed by atoms with Gasteiger partial charge in [-0.25, -0.2) is 0 Å². The van der Waals surface area contributed by atoms with Crippen molar-refractivity contribution in [2.75, 3.05) is 0 Å². The number of aromatic nitrogens is 2. The average molecular weight is 767 g/mol. The molecule has 6 aromatic carbocycles. The summed E-state index contributed by atoms with van der Waals surface area (Å²) in [5, 5.41) is 6.32. The van der Waals surface area contributed by atoms with Crippen LogP contribution in [0.2, 0.25) is 0 Å². The quantitative estimate of drug-likeness (QED) is 0.158. The third-order valence-electron chi connectivity index (χ3n) is 12.2. The van der Waals surface area contributed by atoms with Gasteiger partial charge in [-0.2, -0.15) is 0 Å². The van der Waals surface area contributed by atoms with E-state index in [1.165, 1.54) is 104 Å². The Morgan fingerprint density at radius 1 is 0.724 bits per heavy atom. The predicted octanol–water partition coefficient (Wildman–Crippen LogP) is 15.3. The Hall–Kier alpha value is -6.62. The molecule has 0 unspecified atom stereocenters. The van der Waals surface area contributed by atoms with Crippen molar-refractivity contribution < 1.29 is 4.42 Å². The van der Waals surface area contributed by atoms with Crippen LogP contribution in [0.4, 0.5) is 0 Å². The van der Waals surface area contributed by atoms with Crippen molar-refractivity contribution in [3.63, 3.8) is 0 Å². The molecule has 11 rings (SSSR count). The number of para-hydroxylation sites is 4. The number of nitrogens with zero attached hydrogens (tertiary/aromatic N) is 2. The minimum Gasteiger partial charge on any atom is -0.456 e. The molecular formula is C54H42N2OS. The van der Waals surface area contributed by atoms with E-state index in [1.807, 2.05) is 11.3 Å². The van der Waals surface area contributed by atoms with Gasteiger partial charge < -0.3 is 13.6 Å². The molecule has 1 aliphatic carbocycles. The molecule has 280 valence electrons. The minimum atomic E-state index is 0.798. The first kappa shape index (κ1) is 34.6. The van der Waals surface area contributed by atoms with Crippen LogP contribution in [0.3, 0.4) is 0 Å². The number of aryl methyl sites for hydroxylation is 1. The lowest BCUT2D eigenvalue weighted by Crippen LogP contribution is -2.03. The Labute approximate surface area is 342 Å². The van der Waals surface area contributed by atoms with Gasteiger partial charge in [0, 0.05) is 76.7 Å². The van der Waals surface area contributed by atoms with Gasteiger partial charge in [-0.1, -0.05) is 121 Å². The second-order valence-corrected chi connectivity index (χ2v) is 16.6. The van der Waals surface area contributed by atoms with E-state index in [1.54, 1.807) is 0 Å². The van der Waals surface area contributed by atoms with Crippen LogP contribution in [0, 0.1) is 6.92 Å². The lowest BCUT2D eigenvalue weighted by Gasteiger charge is -2.14. The highest BCUT2D eigenvalue weighted by molar-refractivity contribution is 7.19. The first-order valence-corrected chi connectivity index (χ1v) is 21.1. The molecule has 58 heavy (non-hydrogen) atoms. The third-order valence-corrected chi connectivity index (χ3v) is 13.4. The fraction of sp³-hybridized carbons (Fsp3) is 0.111. The maximum atomic E-state index is 6.52. The van der Waals surface area contributed by atoms with E-state index in [4.69, 9.17) is 4.42 Å². The van der Waals surface area contributed by atoms with Crippen LogP contribution in [0.15, 0.2) is 156 Å². The standard InChI is InChI=1S/C54H42N2OS/c1-4-36(54-35(3)38-20-10-14-30-49(38)57-54)33-51-45(40-22-11-15-31-50(40)58-51)32-34(2)55-47-28-13-9-23-44(47)52-41(24-17-29-48(52)55)43-26-16-25-42-39-21-8-12-27-46(39)56(53(42)43)37-18-6-5-7-19-37/h4-12,14-27,29-32H,13,28,33H2,1-3H3/b34-32+,36-4-.